The number of nitrogens with one attached hydrogen (secondary N) is 1. The summed E-state index contributed by atoms with van der Waals surface area (Å²) in [6.07, 6.45) is 3.61. The van der Waals surface area contributed by atoms with Crippen LogP contribution in [0.3, 0.4) is 0 Å². The van der Waals surface area contributed by atoms with Gasteiger partial charge >= 0.3 is 5.97 Å². The van der Waals surface area contributed by atoms with Crippen LogP contribution in [0.5, 0.6) is 17.2 Å². The van der Waals surface area contributed by atoms with Crippen LogP contribution in [0.25, 0.3) is 0 Å². The molecule has 150 valence electrons. The summed E-state index contributed by atoms with van der Waals surface area (Å²) in [5.41, 5.74) is 0.114. The Bertz CT molecular complexity index is 934. The van der Waals surface area contributed by atoms with Gasteiger partial charge in [-0.2, -0.15) is 0 Å². The second kappa shape index (κ2) is 8.62. The van der Waals surface area contributed by atoms with Gasteiger partial charge in [-0.15, -0.1) is 0 Å². The van der Waals surface area contributed by atoms with Crippen LogP contribution in [0.1, 0.15) is 36.0 Å². The van der Waals surface area contributed by atoms with E-state index in [0.29, 0.717) is 11.5 Å². The van der Waals surface area contributed by atoms with Crippen molar-refractivity contribution in [2.45, 2.75) is 36.6 Å². The number of hydrogen-bond acceptors (Lipinski definition) is 6. The normalized spacial score (nSPS) is 14.6. The van der Waals surface area contributed by atoms with Gasteiger partial charge in [-0.05, 0) is 55.3 Å². The number of sulfonamides is 1. The Labute approximate surface area is 164 Å². The number of rotatable bonds is 7. The van der Waals surface area contributed by atoms with Crippen LogP contribution in [0.4, 0.5) is 0 Å². The first-order valence-corrected chi connectivity index (χ1v) is 10.5. The molecule has 1 fully saturated rings. The molecular formula is C20H23NO6S. The van der Waals surface area contributed by atoms with Crippen molar-refractivity contribution in [3.05, 3.63) is 48.0 Å². The average Bonchev–Trinajstić information content (AvgIpc) is 3.20. The molecule has 0 atom stereocenters. The Morgan fingerprint density at radius 1 is 0.964 bits per heavy atom. The van der Waals surface area contributed by atoms with Crippen molar-refractivity contribution < 1.29 is 27.4 Å². The summed E-state index contributed by atoms with van der Waals surface area (Å²) in [6, 6.07) is 10.6. The molecule has 1 N–H and O–H groups in total. The van der Waals surface area contributed by atoms with Crippen molar-refractivity contribution in [1.82, 2.24) is 4.72 Å². The van der Waals surface area contributed by atoms with Crippen LogP contribution >= 0.6 is 0 Å². The number of methoxy groups -OCH3 is 2. The average molecular weight is 405 g/mol. The van der Waals surface area contributed by atoms with Crippen molar-refractivity contribution in [1.29, 1.82) is 0 Å². The molecule has 0 unspecified atom stereocenters. The number of hydrogen-bond donors (Lipinski definition) is 1. The third kappa shape index (κ3) is 4.63. The third-order valence-corrected chi connectivity index (χ3v) is 6.18. The van der Waals surface area contributed by atoms with Gasteiger partial charge in [0.1, 0.15) is 22.1 Å². The molecule has 2 aromatic carbocycles. The molecule has 0 saturated heterocycles. The van der Waals surface area contributed by atoms with E-state index in [4.69, 9.17) is 14.2 Å². The van der Waals surface area contributed by atoms with E-state index in [-0.39, 0.29) is 22.3 Å². The van der Waals surface area contributed by atoms with Gasteiger partial charge in [0.2, 0.25) is 10.0 Å². The first-order chi connectivity index (χ1) is 13.4. The fourth-order valence-corrected chi connectivity index (χ4v) is 4.65. The van der Waals surface area contributed by atoms with E-state index >= 15 is 0 Å². The Hall–Kier alpha value is -2.58. The lowest BCUT2D eigenvalue weighted by Gasteiger charge is -2.15. The highest BCUT2D eigenvalue weighted by molar-refractivity contribution is 7.89. The topological polar surface area (TPSA) is 90.9 Å². The van der Waals surface area contributed by atoms with Gasteiger partial charge in [0.05, 0.1) is 19.8 Å². The molecule has 3 rings (SSSR count). The lowest BCUT2D eigenvalue weighted by atomic mass is 10.2. The SMILES string of the molecule is COc1ccc(OC(=O)c2ccc(OC)c(S(=O)(=O)NC3CCCC3)c2)cc1. The van der Waals surface area contributed by atoms with Crippen LogP contribution < -0.4 is 18.9 Å². The van der Waals surface area contributed by atoms with Gasteiger partial charge in [0, 0.05) is 6.04 Å². The fraction of sp³-hybridized carbons (Fsp3) is 0.350. The molecule has 7 nitrogen and oxygen atoms in total. The minimum atomic E-state index is -3.82. The lowest BCUT2D eigenvalue weighted by molar-refractivity contribution is 0.0734. The first kappa shape index (κ1) is 20.2. The zero-order valence-electron chi connectivity index (χ0n) is 15.8. The minimum Gasteiger partial charge on any atom is -0.497 e. The maximum Gasteiger partial charge on any atom is 0.343 e. The summed E-state index contributed by atoms with van der Waals surface area (Å²) in [6.45, 7) is 0. The maximum absolute atomic E-state index is 12.8. The number of carbonyl (C=O) groups is 1. The van der Waals surface area contributed by atoms with Gasteiger partial charge in [-0.25, -0.2) is 17.9 Å². The fourth-order valence-electron chi connectivity index (χ4n) is 3.15. The van der Waals surface area contributed by atoms with Crippen LogP contribution in [0, 0.1) is 0 Å². The highest BCUT2D eigenvalue weighted by atomic mass is 32.2. The Balaban J connectivity index is 1.83. The summed E-state index contributed by atoms with van der Waals surface area (Å²) < 4.78 is 43.9. The van der Waals surface area contributed by atoms with Gasteiger partial charge < -0.3 is 14.2 Å². The Kier molecular flexibility index (Phi) is 6.21. The van der Waals surface area contributed by atoms with E-state index < -0.39 is 16.0 Å². The number of carbonyl (C=O) groups excluding carboxylic acids is 1. The Morgan fingerprint density at radius 2 is 1.61 bits per heavy atom. The molecule has 0 aliphatic heterocycles. The Morgan fingerprint density at radius 3 is 2.21 bits per heavy atom. The number of esters is 1. The maximum atomic E-state index is 12.8. The first-order valence-electron chi connectivity index (χ1n) is 8.99. The van der Waals surface area contributed by atoms with Crippen molar-refractivity contribution in [3.63, 3.8) is 0 Å². The van der Waals surface area contributed by atoms with Gasteiger partial charge in [0.25, 0.3) is 0 Å². The van der Waals surface area contributed by atoms with Crippen molar-refractivity contribution in [3.8, 4) is 17.2 Å². The van der Waals surface area contributed by atoms with Crippen molar-refractivity contribution >= 4 is 16.0 Å². The van der Waals surface area contributed by atoms with E-state index in [9.17, 15) is 13.2 Å². The molecule has 8 heteroatoms. The molecule has 0 spiro atoms. The summed E-state index contributed by atoms with van der Waals surface area (Å²) in [5.74, 6) is 0.474. The predicted octanol–water partition coefficient (Wildman–Crippen LogP) is 3.14. The molecule has 0 heterocycles. The second-order valence-electron chi connectivity index (χ2n) is 6.53. The van der Waals surface area contributed by atoms with Crippen molar-refractivity contribution in [2.75, 3.05) is 14.2 Å². The minimum absolute atomic E-state index is 0.0777. The third-order valence-electron chi connectivity index (χ3n) is 4.64. The molecule has 1 saturated carbocycles. The smallest absolute Gasteiger partial charge is 0.343 e. The zero-order valence-corrected chi connectivity index (χ0v) is 16.6. The van der Waals surface area contributed by atoms with Crippen LogP contribution in [-0.2, 0) is 10.0 Å². The summed E-state index contributed by atoms with van der Waals surface area (Å²) in [4.78, 5) is 12.4. The molecule has 1 aliphatic carbocycles. The van der Waals surface area contributed by atoms with Crippen LogP contribution in [-0.4, -0.2) is 34.6 Å². The standard InChI is InChI=1S/C20H23NO6S/c1-25-16-8-10-17(11-9-16)27-20(22)14-7-12-18(26-2)19(13-14)28(23,24)21-15-5-3-4-6-15/h7-13,15,21H,3-6H2,1-2H3. The lowest BCUT2D eigenvalue weighted by Crippen LogP contribution is -2.33. The largest absolute Gasteiger partial charge is 0.497 e. The zero-order chi connectivity index (χ0) is 20.1. The monoisotopic (exact) mass is 405 g/mol. The van der Waals surface area contributed by atoms with E-state index in [2.05, 4.69) is 4.72 Å². The van der Waals surface area contributed by atoms with Gasteiger partial charge in [-0.3, -0.25) is 0 Å². The highest BCUT2D eigenvalue weighted by Crippen LogP contribution is 2.28. The quantitative estimate of drug-likeness (QED) is 0.562. The van der Waals surface area contributed by atoms with E-state index in [1.54, 1.807) is 31.4 Å². The molecule has 2 aromatic rings. The van der Waals surface area contributed by atoms with E-state index in [0.717, 1.165) is 25.7 Å². The molecule has 1 aliphatic rings. The summed E-state index contributed by atoms with van der Waals surface area (Å²) >= 11 is 0. The molecule has 28 heavy (non-hydrogen) atoms. The van der Waals surface area contributed by atoms with Crippen LogP contribution in [0.2, 0.25) is 0 Å². The number of benzene rings is 2. The van der Waals surface area contributed by atoms with Gasteiger partial charge in [0.15, 0.2) is 0 Å². The summed E-state index contributed by atoms with van der Waals surface area (Å²) in [7, 11) is -0.894. The second-order valence-corrected chi connectivity index (χ2v) is 8.22. The van der Waals surface area contributed by atoms with Gasteiger partial charge in [-0.1, -0.05) is 12.8 Å². The molecule has 0 amide bonds. The van der Waals surface area contributed by atoms with Crippen LogP contribution in [0.15, 0.2) is 47.4 Å². The molecule has 0 bridgehead atoms. The van der Waals surface area contributed by atoms with E-state index in [1.165, 1.54) is 25.3 Å². The predicted molar refractivity (Wildman–Crippen MR) is 104 cm³/mol. The molecular weight excluding hydrogens is 382 g/mol. The summed E-state index contributed by atoms with van der Waals surface area (Å²) in [5, 5.41) is 0. The molecule has 0 radical (unpaired) electrons. The number of ether oxygens (including phenoxy) is 3. The van der Waals surface area contributed by atoms with E-state index in [1.807, 2.05) is 0 Å². The molecule has 0 aromatic heterocycles. The highest BCUT2D eigenvalue weighted by Gasteiger charge is 2.27. The van der Waals surface area contributed by atoms with Crippen molar-refractivity contribution in [2.24, 2.45) is 0 Å².